The van der Waals surface area contributed by atoms with E-state index in [1.54, 1.807) is 0 Å². The van der Waals surface area contributed by atoms with Crippen LogP contribution < -0.4 is 10.6 Å². The molecule has 2 rings (SSSR count). The van der Waals surface area contributed by atoms with Crippen molar-refractivity contribution in [3.63, 3.8) is 0 Å². The number of anilines is 1. The molecule has 2 N–H and O–H groups in total. The summed E-state index contributed by atoms with van der Waals surface area (Å²) in [6.45, 7) is 9.09. The number of benzene rings is 1. The van der Waals surface area contributed by atoms with E-state index < -0.39 is 0 Å². The Labute approximate surface area is 128 Å². The fourth-order valence-corrected chi connectivity index (χ4v) is 2.83. The van der Waals surface area contributed by atoms with Gasteiger partial charge in [-0.05, 0) is 42.4 Å². The maximum absolute atomic E-state index is 12.3. The summed E-state index contributed by atoms with van der Waals surface area (Å²) < 4.78 is 0. The molecule has 116 valence electrons. The molecule has 0 aliphatic carbocycles. The Hall–Kier alpha value is -1.35. The van der Waals surface area contributed by atoms with Gasteiger partial charge >= 0.3 is 0 Å². The third-order valence-electron chi connectivity index (χ3n) is 4.35. The summed E-state index contributed by atoms with van der Waals surface area (Å²) in [5, 5.41) is 0. The van der Waals surface area contributed by atoms with Gasteiger partial charge in [-0.2, -0.15) is 0 Å². The summed E-state index contributed by atoms with van der Waals surface area (Å²) in [5.41, 5.74) is 9.86. The van der Waals surface area contributed by atoms with Crippen molar-refractivity contribution in [2.24, 2.45) is 17.6 Å². The second-order valence-electron chi connectivity index (χ2n) is 6.82. The smallest absolute Gasteiger partial charge is 0.229 e. The number of hydrogen-bond acceptors (Lipinski definition) is 2. The van der Waals surface area contributed by atoms with Crippen LogP contribution >= 0.6 is 0 Å². The lowest BCUT2D eigenvalue weighted by Gasteiger charge is -2.31. The molecule has 0 fully saturated rings. The Kier molecular flexibility index (Phi) is 5.04. The first kappa shape index (κ1) is 16.0. The first-order chi connectivity index (χ1) is 9.90. The molecule has 0 bridgehead atoms. The van der Waals surface area contributed by atoms with Gasteiger partial charge in [-0.15, -0.1) is 0 Å². The van der Waals surface area contributed by atoms with Crippen LogP contribution in [0.1, 0.15) is 45.2 Å². The van der Waals surface area contributed by atoms with Crippen molar-refractivity contribution in [1.82, 2.24) is 0 Å². The molecule has 1 aromatic rings. The Morgan fingerprint density at radius 1 is 1.29 bits per heavy atom. The van der Waals surface area contributed by atoms with Gasteiger partial charge in [0.15, 0.2) is 0 Å². The SMILES string of the molecule is CC(C)C(=O)N1CCCc2cc(CC(N)C(C)C)ccc21. The summed E-state index contributed by atoms with van der Waals surface area (Å²) in [7, 11) is 0. The van der Waals surface area contributed by atoms with Crippen molar-refractivity contribution in [2.75, 3.05) is 11.4 Å². The van der Waals surface area contributed by atoms with E-state index in [9.17, 15) is 4.79 Å². The third-order valence-corrected chi connectivity index (χ3v) is 4.35. The van der Waals surface area contributed by atoms with Crippen LogP contribution in [0.4, 0.5) is 5.69 Å². The highest BCUT2D eigenvalue weighted by Crippen LogP contribution is 2.29. The van der Waals surface area contributed by atoms with Gasteiger partial charge in [-0.3, -0.25) is 4.79 Å². The summed E-state index contributed by atoms with van der Waals surface area (Å²) >= 11 is 0. The van der Waals surface area contributed by atoms with Crippen LogP contribution in [0.3, 0.4) is 0 Å². The molecular weight excluding hydrogens is 260 g/mol. The molecule has 21 heavy (non-hydrogen) atoms. The van der Waals surface area contributed by atoms with Gasteiger partial charge in [-0.1, -0.05) is 39.8 Å². The van der Waals surface area contributed by atoms with Gasteiger partial charge in [0.05, 0.1) is 0 Å². The highest BCUT2D eigenvalue weighted by Gasteiger charge is 2.24. The molecule has 3 heteroatoms. The van der Waals surface area contributed by atoms with Crippen LogP contribution in [0.25, 0.3) is 0 Å². The highest BCUT2D eigenvalue weighted by atomic mass is 16.2. The van der Waals surface area contributed by atoms with E-state index in [-0.39, 0.29) is 17.9 Å². The normalized spacial score (nSPS) is 16.2. The van der Waals surface area contributed by atoms with Crippen molar-refractivity contribution >= 4 is 11.6 Å². The fraction of sp³-hybridized carbons (Fsp3) is 0.611. The number of hydrogen-bond donors (Lipinski definition) is 1. The van der Waals surface area contributed by atoms with E-state index in [2.05, 4.69) is 32.0 Å². The number of aryl methyl sites for hydroxylation is 1. The second kappa shape index (κ2) is 6.61. The molecule has 0 spiro atoms. The molecule has 0 saturated heterocycles. The molecule has 1 heterocycles. The summed E-state index contributed by atoms with van der Waals surface area (Å²) in [5.74, 6) is 0.757. The highest BCUT2D eigenvalue weighted by molar-refractivity contribution is 5.95. The number of carbonyl (C=O) groups excluding carboxylic acids is 1. The Bertz CT molecular complexity index is 508. The lowest BCUT2D eigenvalue weighted by atomic mass is 9.93. The average molecular weight is 288 g/mol. The van der Waals surface area contributed by atoms with Gasteiger partial charge < -0.3 is 10.6 Å². The third kappa shape index (κ3) is 3.65. The quantitative estimate of drug-likeness (QED) is 0.925. The molecule has 1 unspecified atom stereocenters. The lowest BCUT2D eigenvalue weighted by Crippen LogP contribution is -2.38. The van der Waals surface area contributed by atoms with Crippen molar-refractivity contribution in [3.8, 4) is 0 Å². The van der Waals surface area contributed by atoms with Gasteiger partial charge in [-0.25, -0.2) is 0 Å². The van der Waals surface area contributed by atoms with Crippen molar-refractivity contribution in [2.45, 2.75) is 53.0 Å². The molecule has 1 aliphatic rings. The Balaban J connectivity index is 2.22. The molecule has 0 aromatic heterocycles. The fourth-order valence-electron chi connectivity index (χ4n) is 2.83. The van der Waals surface area contributed by atoms with Gasteiger partial charge in [0.1, 0.15) is 0 Å². The number of fused-ring (bicyclic) bond motifs is 1. The standard InChI is InChI=1S/C18H28N2O/c1-12(2)16(19)11-14-7-8-17-15(10-14)6-5-9-20(17)18(21)13(3)4/h7-8,10,12-13,16H,5-6,9,11,19H2,1-4H3. The number of nitrogens with two attached hydrogens (primary N) is 1. The molecule has 1 atom stereocenters. The van der Waals surface area contributed by atoms with E-state index in [0.29, 0.717) is 5.92 Å². The predicted octanol–water partition coefficient (Wildman–Crippen LogP) is 3.15. The van der Waals surface area contributed by atoms with Crippen molar-refractivity contribution < 1.29 is 4.79 Å². The molecule has 1 aromatic carbocycles. The summed E-state index contributed by atoms with van der Waals surface area (Å²) in [6.07, 6.45) is 3.01. The predicted molar refractivity (Wildman–Crippen MR) is 88.5 cm³/mol. The van der Waals surface area contributed by atoms with Gasteiger partial charge in [0.25, 0.3) is 0 Å². The zero-order valence-corrected chi connectivity index (χ0v) is 13.7. The van der Waals surface area contributed by atoms with Crippen LogP contribution in [-0.2, 0) is 17.6 Å². The topological polar surface area (TPSA) is 46.3 Å². The van der Waals surface area contributed by atoms with Crippen molar-refractivity contribution in [3.05, 3.63) is 29.3 Å². The number of rotatable bonds is 4. The van der Waals surface area contributed by atoms with Gasteiger partial charge in [0, 0.05) is 24.2 Å². The molecule has 0 saturated carbocycles. The molecule has 3 nitrogen and oxygen atoms in total. The zero-order valence-electron chi connectivity index (χ0n) is 13.7. The first-order valence-electron chi connectivity index (χ1n) is 8.09. The molecule has 1 amide bonds. The Morgan fingerprint density at radius 2 is 2.00 bits per heavy atom. The Morgan fingerprint density at radius 3 is 2.62 bits per heavy atom. The van der Waals surface area contributed by atoms with Crippen LogP contribution in [0.2, 0.25) is 0 Å². The summed E-state index contributed by atoms with van der Waals surface area (Å²) in [4.78, 5) is 14.3. The van der Waals surface area contributed by atoms with Crippen LogP contribution in [0, 0.1) is 11.8 Å². The largest absolute Gasteiger partial charge is 0.327 e. The van der Waals surface area contributed by atoms with Crippen LogP contribution in [0.5, 0.6) is 0 Å². The van der Waals surface area contributed by atoms with E-state index in [4.69, 9.17) is 5.73 Å². The molecule has 0 radical (unpaired) electrons. The summed E-state index contributed by atoms with van der Waals surface area (Å²) in [6, 6.07) is 6.68. The monoisotopic (exact) mass is 288 g/mol. The minimum atomic E-state index is 0.0463. The minimum absolute atomic E-state index is 0.0463. The minimum Gasteiger partial charge on any atom is -0.327 e. The van der Waals surface area contributed by atoms with E-state index >= 15 is 0 Å². The average Bonchev–Trinajstić information content (AvgIpc) is 2.45. The lowest BCUT2D eigenvalue weighted by molar-refractivity contribution is -0.121. The molecule has 1 aliphatic heterocycles. The number of amides is 1. The van der Waals surface area contributed by atoms with E-state index in [0.717, 1.165) is 31.5 Å². The first-order valence-corrected chi connectivity index (χ1v) is 8.09. The maximum Gasteiger partial charge on any atom is 0.229 e. The van der Waals surface area contributed by atoms with E-state index in [1.807, 2.05) is 18.7 Å². The number of nitrogens with zero attached hydrogens (tertiary/aromatic N) is 1. The zero-order chi connectivity index (χ0) is 15.6. The second-order valence-corrected chi connectivity index (χ2v) is 6.82. The van der Waals surface area contributed by atoms with Gasteiger partial charge in [0.2, 0.25) is 5.91 Å². The van der Waals surface area contributed by atoms with Crippen molar-refractivity contribution in [1.29, 1.82) is 0 Å². The molecular formula is C18H28N2O. The van der Waals surface area contributed by atoms with Crippen LogP contribution in [-0.4, -0.2) is 18.5 Å². The van der Waals surface area contributed by atoms with E-state index in [1.165, 1.54) is 11.1 Å². The van der Waals surface area contributed by atoms with Crippen LogP contribution in [0.15, 0.2) is 18.2 Å². The maximum atomic E-state index is 12.3. The number of carbonyl (C=O) groups is 1.